The van der Waals surface area contributed by atoms with Gasteiger partial charge in [0, 0.05) is 15.8 Å². The number of thiophene rings is 1. The number of carbonyl (C=O) groups excluding carboxylic acids is 1. The van der Waals surface area contributed by atoms with Crippen LogP contribution in [-0.4, -0.2) is 5.78 Å². The van der Waals surface area contributed by atoms with Gasteiger partial charge in [0.15, 0.2) is 5.78 Å². The fourth-order valence-electron chi connectivity index (χ4n) is 1.91. The van der Waals surface area contributed by atoms with E-state index in [0.29, 0.717) is 6.42 Å². The zero-order valence-electron chi connectivity index (χ0n) is 10.7. The summed E-state index contributed by atoms with van der Waals surface area (Å²) in [6, 6.07) is 8.28. The van der Waals surface area contributed by atoms with E-state index in [9.17, 15) is 4.79 Å². The maximum atomic E-state index is 11.6. The Bertz CT molecular complexity index is 575. The Hall–Kier alpha value is -0.930. The van der Waals surface area contributed by atoms with E-state index in [-0.39, 0.29) is 5.78 Å². The Kier molecular flexibility index (Phi) is 4.03. The molecule has 0 fully saturated rings. The van der Waals surface area contributed by atoms with E-state index in [1.165, 1.54) is 16.7 Å². The van der Waals surface area contributed by atoms with Crippen LogP contribution in [0.4, 0.5) is 0 Å². The van der Waals surface area contributed by atoms with Crippen molar-refractivity contribution < 1.29 is 4.79 Å². The number of hydrogen-bond acceptors (Lipinski definition) is 2. The van der Waals surface area contributed by atoms with Crippen LogP contribution in [0.2, 0.25) is 0 Å². The average Bonchev–Trinajstić information content (AvgIpc) is 2.84. The summed E-state index contributed by atoms with van der Waals surface area (Å²) in [6.07, 6.45) is 0.568. The molecule has 94 valence electrons. The molecule has 1 nitrogen and oxygen atoms in total. The molecule has 0 aliphatic carbocycles. The molecule has 0 amide bonds. The summed E-state index contributed by atoms with van der Waals surface area (Å²) in [5.41, 5.74) is 3.64. The van der Waals surface area contributed by atoms with Crippen molar-refractivity contribution in [2.24, 2.45) is 0 Å². The maximum absolute atomic E-state index is 11.6. The fraction of sp³-hybridized carbons (Fsp3) is 0.267. The zero-order chi connectivity index (χ0) is 13.3. The van der Waals surface area contributed by atoms with Gasteiger partial charge in [0.05, 0.1) is 4.88 Å². The molecule has 1 aromatic heterocycles. The van der Waals surface area contributed by atoms with Crippen LogP contribution < -0.4 is 0 Å². The number of benzene rings is 1. The van der Waals surface area contributed by atoms with Gasteiger partial charge in [0.2, 0.25) is 0 Å². The third-order valence-electron chi connectivity index (χ3n) is 2.92. The molecule has 1 aromatic carbocycles. The van der Waals surface area contributed by atoms with Crippen LogP contribution in [0.25, 0.3) is 10.4 Å². The van der Waals surface area contributed by atoms with Gasteiger partial charge in [-0.15, -0.1) is 11.3 Å². The minimum absolute atomic E-state index is 0.219. The molecule has 1 heterocycles. The number of halogens is 1. The summed E-state index contributed by atoms with van der Waals surface area (Å²) >= 11 is 5.15. The van der Waals surface area contributed by atoms with E-state index < -0.39 is 0 Å². The van der Waals surface area contributed by atoms with Gasteiger partial charge in [-0.1, -0.05) is 22.9 Å². The van der Waals surface area contributed by atoms with E-state index in [4.69, 9.17) is 0 Å². The lowest BCUT2D eigenvalue weighted by Gasteiger charge is -2.06. The minimum Gasteiger partial charge on any atom is -0.293 e. The molecule has 18 heavy (non-hydrogen) atoms. The standard InChI is InChI=1S/C15H15BrOS/c1-4-12(17)14-6-5-13(18-14)11-7-9(2)15(16)10(3)8-11/h5-8H,4H2,1-3H3. The highest BCUT2D eigenvalue weighted by molar-refractivity contribution is 9.10. The van der Waals surface area contributed by atoms with E-state index in [0.717, 1.165) is 14.2 Å². The van der Waals surface area contributed by atoms with Crippen LogP contribution in [0.3, 0.4) is 0 Å². The third-order valence-corrected chi connectivity index (χ3v) is 5.35. The molecular weight excluding hydrogens is 308 g/mol. The first kappa shape index (κ1) is 13.5. The smallest absolute Gasteiger partial charge is 0.172 e. The number of Topliss-reactive ketones (excluding diaryl/α,β-unsaturated/α-hetero) is 1. The van der Waals surface area contributed by atoms with Crippen LogP contribution in [0, 0.1) is 13.8 Å². The number of rotatable bonds is 3. The van der Waals surface area contributed by atoms with Crippen molar-refractivity contribution in [3.05, 3.63) is 44.7 Å². The van der Waals surface area contributed by atoms with Gasteiger partial charge in [-0.25, -0.2) is 0 Å². The Balaban J connectivity index is 2.43. The molecule has 0 aliphatic rings. The van der Waals surface area contributed by atoms with Crippen LogP contribution >= 0.6 is 27.3 Å². The molecule has 0 aliphatic heterocycles. The van der Waals surface area contributed by atoms with E-state index in [2.05, 4.69) is 41.9 Å². The van der Waals surface area contributed by atoms with E-state index >= 15 is 0 Å². The summed E-state index contributed by atoms with van der Waals surface area (Å²) in [5, 5.41) is 0. The summed E-state index contributed by atoms with van der Waals surface area (Å²) in [7, 11) is 0. The van der Waals surface area contributed by atoms with Gasteiger partial charge in [0.1, 0.15) is 0 Å². The maximum Gasteiger partial charge on any atom is 0.172 e. The molecule has 0 spiro atoms. The normalized spacial score (nSPS) is 10.7. The molecule has 0 atom stereocenters. The van der Waals surface area contributed by atoms with E-state index in [1.807, 2.05) is 19.1 Å². The molecule has 0 saturated carbocycles. The van der Waals surface area contributed by atoms with Crippen molar-refractivity contribution in [1.82, 2.24) is 0 Å². The Labute approximate surface area is 120 Å². The van der Waals surface area contributed by atoms with Crippen LogP contribution in [0.1, 0.15) is 34.1 Å². The molecule has 2 aromatic rings. The van der Waals surface area contributed by atoms with Crippen molar-refractivity contribution in [2.75, 3.05) is 0 Å². The number of hydrogen-bond donors (Lipinski definition) is 0. The lowest BCUT2D eigenvalue weighted by molar-refractivity contribution is 0.0992. The summed E-state index contributed by atoms with van der Waals surface area (Å²) < 4.78 is 1.16. The molecule has 3 heteroatoms. The predicted octanol–water partition coefficient (Wildman–Crippen LogP) is 5.39. The monoisotopic (exact) mass is 322 g/mol. The van der Waals surface area contributed by atoms with E-state index in [1.54, 1.807) is 11.3 Å². The second-order valence-corrected chi connectivity index (χ2v) is 6.24. The van der Waals surface area contributed by atoms with Crippen LogP contribution in [-0.2, 0) is 0 Å². The average molecular weight is 323 g/mol. The molecular formula is C15H15BrOS. The Morgan fingerprint density at radius 1 is 1.22 bits per heavy atom. The van der Waals surface area contributed by atoms with Crippen LogP contribution in [0.5, 0.6) is 0 Å². The predicted molar refractivity (Wildman–Crippen MR) is 81.6 cm³/mol. The van der Waals surface area contributed by atoms with Crippen molar-refractivity contribution in [3.63, 3.8) is 0 Å². The van der Waals surface area contributed by atoms with Crippen molar-refractivity contribution in [2.45, 2.75) is 27.2 Å². The molecule has 0 bridgehead atoms. The molecule has 0 radical (unpaired) electrons. The number of carbonyl (C=O) groups is 1. The lowest BCUT2D eigenvalue weighted by atomic mass is 10.1. The van der Waals surface area contributed by atoms with Gasteiger partial charge in [-0.2, -0.15) is 0 Å². The topological polar surface area (TPSA) is 17.1 Å². The molecule has 0 N–H and O–H groups in total. The largest absolute Gasteiger partial charge is 0.293 e. The highest BCUT2D eigenvalue weighted by Crippen LogP contribution is 2.33. The first-order valence-electron chi connectivity index (χ1n) is 5.93. The Morgan fingerprint density at radius 2 is 1.83 bits per heavy atom. The van der Waals surface area contributed by atoms with Gasteiger partial charge in [-0.3, -0.25) is 4.79 Å². The highest BCUT2D eigenvalue weighted by Gasteiger charge is 2.10. The fourth-order valence-corrected chi connectivity index (χ4v) is 3.14. The minimum atomic E-state index is 0.219. The highest BCUT2D eigenvalue weighted by atomic mass is 79.9. The second-order valence-electron chi connectivity index (χ2n) is 4.36. The van der Waals surface area contributed by atoms with Crippen molar-refractivity contribution in [3.8, 4) is 10.4 Å². The lowest BCUT2D eigenvalue weighted by Crippen LogP contribution is -1.90. The van der Waals surface area contributed by atoms with Crippen molar-refractivity contribution >= 4 is 33.0 Å². The first-order valence-corrected chi connectivity index (χ1v) is 7.54. The van der Waals surface area contributed by atoms with Gasteiger partial charge in [-0.05, 0) is 54.8 Å². The number of ketones is 1. The number of aryl methyl sites for hydroxylation is 2. The van der Waals surface area contributed by atoms with Gasteiger partial charge < -0.3 is 0 Å². The summed E-state index contributed by atoms with van der Waals surface area (Å²) in [6.45, 7) is 6.08. The van der Waals surface area contributed by atoms with Gasteiger partial charge in [0.25, 0.3) is 0 Å². The van der Waals surface area contributed by atoms with Crippen molar-refractivity contribution in [1.29, 1.82) is 0 Å². The third kappa shape index (κ3) is 2.57. The molecule has 0 saturated heterocycles. The second kappa shape index (κ2) is 5.37. The summed E-state index contributed by atoms with van der Waals surface area (Å²) in [4.78, 5) is 13.7. The quantitative estimate of drug-likeness (QED) is 0.692. The SMILES string of the molecule is CCC(=O)c1ccc(-c2cc(C)c(Br)c(C)c2)s1. The Morgan fingerprint density at radius 3 is 2.39 bits per heavy atom. The zero-order valence-corrected chi connectivity index (χ0v) is 13.1. The molecule has 2 rings (SSSR count). The summed E-state index contributed by atoms with van der Waals surface area (Å²) in [5.74, 6) is 0.219. The van der Waals surface area contributed by atoms with Gasteiger partial charge >= 0.3 is 0 Å². The molecule has 0 unspecified atom stereocenters. The van der Waals surface area contributed by atoms with Crippen LogP contribution in [0.15, 0.2) is 28.7 Å². The first-order chi connectivity index (χ1) is 8.52.